The molecule has 0 spiro atoms. The number of hydrogen-bond donors (Lipinski definition) is 1. The Morgan fingerprint density at radius 3 is 2.62 bits per heavy atom. The molecule has 1 saturated carbocycles. The van der Waals surface area contributed by atoms with E-state index in [1.807, 2.05) is 0 Å². The first-order chi connectivity index (χ1) is 7.50. The number of hydrogen-bond acceptors (Lipinski definition) is 2. The van der Waals surface area contributed by atoms with Crippen molar-refractivity contribution in [2.45, 2.75) is 52.5 Å². The number of likely N-dealkylation sites (tertiary alicyclic amines) is 1. The number of aliphatic hydroxyl groups excluding tert-OH is 1. The average molecular weight is 225 g/mol. The molecule has 2 rings (SSSR count). The van der Waals surface area contributed by atoms with Gasteiger partial charge < -0.3 is 5.11 Å². The van der Waals surface area contributed by atoms with Crippen LogP contribution >= 0.6 is 0 Å². The third-order valence-electron chi connectivity index (χ3n) is 4.46. The first kappa shape index (κ1) is 12.4. The summed E-state index contributed by atoms with van der Waals surface area (Å²) in [6, 6.07) is 0.773. The maximum atomic E-state index is 9.21. The Labute approximate surface area is 100 Å². The van der Waals surface area contributed by atoms with Gasteiger partial charge in [-0.05, 0) is 49.5 Å². The van der Waals surface area contributed by atoms with Crippen LogP contribution in [-0.4, -0.2) is 35.7 Å². The molecule has 1 heterocycles. The SMILES string of the molecule is C[C@@H]1C[C@H](N2CC[C@H](CO)C2)CC(C)(C)C1. The lowest BCUT2D eigenvalue weighted by Crippen LogP contribution is -2.42. The number of aliphatic hydroxyl groups is 1. The summed E-state index contributed by atoms with van der Waals surface area (Å²) in [5.74, 6) is 1.40. The van der Waals surface area contributed by atoms with E-state index in [0.717, 1.165) is 18.5 Å². The predicted molar refractivity (Wildman–Crippen MR) is 67.3 cm³/mol. The Morgan fingerprint density at radius 2 is 2.06 bits per heavy atom. The monoisotopic (exact) mass is 225 g/mol. The summed E-state index contributed by atoms with van der Waals surface area (Å²) in [7, 11) is 0. The second-order valence-electron chi connectivity index (χ2n) is 6.90. The van der Waals surface area contributed by atoms with Gasteiger partial charge in [-0.25, -0.2) is 0 Å². The minimum atomic E-state index is 0.377. The number of nitrogens with zero attached hydrogens (tertiary/aromatic N) is 1. The maximum absolute atomic E-state index is 9.21. The second-order valence-corrected chi connectivity index (χ2v) is 6.90. The van der Waals surface area contributed by atoms with Crippen molar-refractivity contribution in [2.75, 3.05) is 19.7 Å². The van der Waals surface area contributed by atoms with E-state index < -0.39 is 0 Å². The van der Waals surface area contributed by atoms with Crippen LogP contribution in [0, 0.1) is 17.3 Å². The van der Waals surface area contributed by atoms with E-state index in [2.05, 4.69) is 25.7 Å². The molecule has 0 radical (unpaired) electrons. The standard InChI is InChI=1S/C14H27NO/c1-11-6-13(8-14(2,3)7-11)15-5-4-12(9-15)10-16/h11-13,16H,4-10H2,1-3H3/t11-,12+,13+/m1/s1. The van der Waals surface area contributed by atoms with Crippen LogP contribution in [0.15, 0.2) is 0 Å². The highest BCUT2D eigenvalue weighted by atomic mass is 16.3. The highest BCUT2D eigenvalue weighted by Gasteiger charge is 2.37. The molecule has 16 heavy (non-hydrogen) atoms. The van der Waals surface area contributed by atoms with Crippen LogP contribution in [0.5, 0.6) is 0 Å². The van der Waals surface area contributed by atoms with E-state index in [0.29, 0.717) is 17.9 Å². The van der Waals surface area contributed by atoms with Crippen LogP contribution in [-0.2, 0) is 0 Å². The van der Waals surface area contributed by atoms with Gasteiger partial charge in [0.15, 0.2) is 0 Å². The molecule has 2 heteroatoms. The molecule has 94 valence electrons. The lowest BCUT2D eigenvalue weighted by atomic mass is 9.70. The fourth-order valence-corrected chi connectivity index (χ4v) is 3.92. The van der Waals surface area contributed by atoms with E-state index in [-0.39, 0.29) is 0 Å². The van der Waals surface area contributed by atoms with Gasteiger partial charge in [0, 0.05) is 19.2 Å². The van der Waals surface area contributed by atoms with Crippen molar-refractivity contribution in [3.63, 3.8) is 0 Å². The number of rotatable bonds is 2. The molecular formula is C14H27NO. The third-order valence-corrected chi connectivity index (χ3v) is 4.46. The van der Waals surface area contributed by atoms with Crippen LogP contribution in [0.3, 0.4) is 0 Å². The fourth-order valence-electron chi connectivity index (χ4n) is 3.92. The summed E-state index contributed by atoms with van der Waals surface area (Å²) in [6.45, 7) is 9.93. The van der Waals surface area contributed by atoms with Crippen LogP contribution in [0.2, 0.25) is 0 Å². The molecule has 2 fully saturated rings. The van der Waals surface area contributed by atoms with Crippen molar-refractivity contribution in [2.24, 2.45) is 17.3 Å². The van der Waals surface area contributed by atoms with E-state index in [1.165, 1.54) is 32.2 Å². The van der Waals surface area contributed by atoms with E-state index in [1.54, 1.807) is 0 Å². The van der Waals surface area contributed by atoms with Crippen LogP contribution in [0.25, 0.3) is 0 Å². The zero-order chi connectivity index (χ0) is 11.8. The molecule has 1 saturated heterocycles. The van der Waals surface area contributed by atoms with Crippen molar-refractivity contribution >= 4 is 0 Å². The van der Waals surface area contributed by atoms with Crippen molar-refractivity contribution < 1.29 is 5.11 Å². The quantitative estimate of drug-likeness (QED) is 0.780. The molecule has 0 amide bonds. The Bertz CT molecular complexity index is 239. The van der Waals surface area contributed by atoms with Gasteiger partial charge in [-0.15, -0.1) is 0 Å². The molecule has 1 N–H and O–H groups in total. The van der Waals surface area contributed by atoms with Crippen molar-refractivity contribution in [1.82, 2.24) is 4.90 Å². The van der Waals surface area contributed by atoms with Gasteiger partial charge in [0.2, 0.25) is 0 Å². The van der Waals surface area contributed by atoms with Crippen LogP contribution < -0.4 is 0 Å². The van der Waals surface area contributed by atoms with Crippen LogP contribution in [0.1, 0.15) is 46.5 Å². The van der Waals surface area contributed by atoms with Gasteiger partial charge in [-0.3, -0.25) is 4.90 Å². The highest BCUT2D eigenvalue weighted by Crippen LogP contribution is 2.41. The molecule has 0 aromatic carbocycles. The Morgan fingerprint density at radius 1 is 1.31 bits per heavy atom. The summed E-state index contributed by atoms with van der Waals surface area (Å²) in [4.78, 5) is 2.64. The molecule has 2 aliphatic rings. The summed E-state index contributed by atoms with van der Waals surface area (Å²) < 4.78 is 0. The smallest absolute Gasteiger partial charge is 0.0471 e. The Hall–Kier alpha value is -0.0800. The first-order valence-corrected chi connectivity index (χ1v) is 6.85. The van der Waals surface area contributed by atoms with Gasteiger partial charge in [-0.2, -0.15) is 0 Å². The van der Waals surface area contributed by atoms with Gasteiger partial charge in [0.05, 0.1) is 0 Å². The minimum absolute atomic E-state index is 0.377. The molecular weight excluding hydrogens is 198 g/mol. The zero-order valence-corrected chi connectivity index (χ0v) is 11.1. The van der Waals surface area contributed by atoms with E-state index >= 15 is 0 Å². The average Bonchev–Trinajstić information content (AvgIpc) is 2.62. The topological polar surface area (TPSA) is 23.5 Å². The third kappa shape index (κ3) is 2.78. The van der Waals surface area contributed by atoms with Gasteiger partial charge in [0.1, 0.15) is 0 Å². The van der Waals surface area contributed by atoms with Crippen molar-refractivity contribution in [3.8, 4) is 0 Å². The predicted octanol–water partition coefficient (Wildman–Crippen LogP) is 2.52. The molecule has 0 aromatic heterocycles. The molecule has 0 aromatic rings. The maximum Gasteiger partial charge on any atom is 0.0471 e. The molecule has 3 atom stereocenters. The Kier molecular flexibility index (Phi) is 3.60. The lowest BCUT2D eigenvalue weighted by molar-refractivity contribution is 0.0772. The Balaban J connectivity index is 1.94. The molecule has 2 nitrogen and oxygen atoms in total. The summed E-state index contributed by atoms with van der Waals surface area (Å²) in [5.41, 5.74) is 0.514. The summed E-state index contributed by atoms with van der Waals surface area (Å²) >= 11 is 0. The molecule has 0 bridgehead atoms. The molecule has 1 aliphatic carbocycles. The van der Waals surface area contributed by atoms with E-state index in [9.17, 15) is 5.11 Å². The van der Waals surface area contributed by atoms with Gasteiger partial charge >= 0.3 is 0 Å². The van der Waals surface area contributed by atoms with Crippen molar-refractivity contribution in [3.05, 3.63) is 0 Å². The molecule has 0 unspecified atom stereocenters. The second kappa shape index (κ2) is 4.66. The fraction of sp³-hybridized carbons (Fsp3) is 1.00. The zero-order valence-electron chi connectivity index (χ0n) is 11.1. The normalized spacial score (nSPS) is 40.1. The van der Waals surface area contributed by atoms with Gasteiger partial charge in [-0.1, -0.05) is 20.8 Å². The van der Waals surface area contributed by atoms with Crippen LogP contribution in [0.4, 0.5) is 0 Å². The van der Waals surface area contributed by atoms with Crippen molar-refractivity contribution in [1.29, 1.82) is 0 Å². The summed E-state index contributed by atoms with van der Waals surface area (Å²) in [5, 5.41) is 9.21. The minimum Gasteiger partial charge on any atom is -0.396 e. The highest BCUT2D eigenvalue weighted by molar-refractivity contribution is 4.90. The van der Waals surface area contributed by atoms with E-state index in [4.69, 9.17) is 0 Å². The lowest BCUT2D eigenvalue weighted by Gasteiger charge is -2.43. The summed E-state index contributed by atoms with van der Waals surface area (Å²) in [6.07, 6.45) is 5.28. The van der Waals surface area contributed by atoms with Gasteiger partial charge in [0.25, 0.3) is 0 Å². The first-order valence-electron chi connectivity index (χ1n) is 6.85. The molecule has 1 aliphatic heterocycles. The largest absolute Gasteiger partial charge is 0.396 e.